The Labute approximate surface area is 127 Å². The van der Waals surface area contributed by atoms with Crippen LogP contribution in [0.5, 0.6) is 0 Å². The van der Waals surface area contributed by atoms with E-state index in [2.05, 4.69) is 6.58 Å². The number of carbonyl (C=O) groups is 2. The molecule has 0 radical (unpaired) electrons. The van der Waals surface area contributed by atoms with Crippen molar-refractivity contribution in [1.82, 2.24) is 0 Å². The third kappa shape index (κ3) is 5.18. The maximum atomic E-state index is 12.3. The van der Waals surface area contributed by atoms with Crippen LogP contribution < -0.4 is 0 Å². The zero-order chi connectivity index (χ0) is 15.7. The first-order valence-corrected chi connectivity index (χ1v) is 8.09. The van der Waals surface area contributed by atoms with Gasteiger partial charge in [-0.1, -0.05) is 25.3 Å². The van der Waals surface area contributed by atoms with Crippen molar-refractivity contribution < 1.29 is 19.1 Å². The molecule has 4 nitrogen and oxygen atoms in total. The largest absolute Gasteiger partial charge is 0.465 e. The summed E-state index contributed by atoms with van der Waals surface area (Å²) in [6.45, 7) is 7.90. The van der Waals surface area contributed by atoms with Crippen LogP contribution in [0.1, 0.15) is 52.4 Å². The average molecular weight is 296 g/mol. The van der Waals surface area contributed by atoms with Gasteiger partial charge in [-0.2, -0.15) is 0 Å². The molecule has 1 aliphatic rings. The monoisotopic (exact) mass is 296 g/mol. The van der Waals surface area contributed by atoms with E-state index in [1.807, 2.05) is 6.08 Å². The van der Waals surface area contributed by atoms with Gasteiger partial charge in [0, 0.05) is 0 Å². The van der Waals surface area contributed by atoms with Crippen LogP contribution in [-0.2, 0) is 19.1 Å². The lowest BCUT2D eigenvalue weighted by molar-refractivity contribution is -0.165. The Morgan fingerprint density at radius 2 is 1.67 bits per heavy atom. The fourth-order valence-corrected chi connectivity index (χ4v) is 3.27. The van der Waals surface area contributed by atoms with Crippen LogP contribution in [0.3, 0.4) is 0 Å². The summed E-state index contributed by atoms with van der Waals surface area (Å²) in [7, 11) is 0. The molecule has 0 aromatic carbocycles. The first-order valence-electron chi connectivity index (χ1n) is 8.09. The maximum Gasteiger partial charge on any atom is 0.320 e. The molecule has 0 N–H and O–H groups in total. The van der Waals surface area contributed by atoms with Gasteiger partial charge < -0.3 is 9.47 Å². The number of rotatable bonds is 7. The maximum absolute atomic E-state index is 12.3. The molecule has 1 saturated carbocycles. The molecule has 21 heavy (non-hydrogen) atoms. The van der Waals surface area contributed by atoms with Gasteiger partial charge in [-0.15, -0.1) is 6.58 Å². The lowest BCUT2D eigenvalue weighted by atomic mass is 9.76. The van der Waals surface area contributed by atoms with Gasteiger partial charge in [0.05, 0.1) is 13.2 Å². The van der Waals surface area contributed by atoms with Crippen molar-refractivity contribution in [2.45, 2.75) is 52.4 Å². The van der Waals surface area contributed by atoms with Crippen molar-refractivity contribution in [1.29, 1.82) is 0 Å². The zero-order valence-corrected chi connectivity index (χ0v) is 13.3. The van der Waals surface area contributed by atoms with Crippen molar-refractivity contribution in [2.24, 2.45) is 17.8 Å². The van der Waals surface area contributed by atoms with Crippen LogP contribution in [0.25, 0.3) is 0 Å². The van der Waals surface area contributed by atoms with Gasteiger partial charge in [-0.3, -0.25) is 9.59 Å². The summed E-state index contributed by atoms with van der Waals surface area (Å²) in [5.41, 5.74) is 0. The van der Waals surface area contributed by atoms with Crippen molar-refractivity contribution in [3.05, 3.63) is 12.7 Å². The molecule has 0 unspecified atom stereocenters. The van der Waals surface area contributed by atoms with Crippen molar-refractivity contribution in [3.8, 4) is 0 Å². The second-order valence-corrected chi connectivity index (χ2v) is 5.57. The minimum atomic E-state index is -0.784. The first-order chi connectivity index (χ1) is 10.2. The second kappa shape index (κ2) is 9.59. The van der Waals surface area contributed by atoms with Gasteiger partial charge in [0.15, 0.2) is 5.92 Å². The van der Waals surface area contributed by atoms with Gasteiger partial charge >= 0.3 is 11.9 Å². The molecule has 120 valence electrons. The van der Waals surface area contributed by atoms with Gasteiger partial charge in [-0.25, -0.2) is 0 Å². The average Bonchev–Trinajstić information content (AvgIpc) is 2.66. The third-order valence-corrected chi connectivity index (χ3v) is 4.20. The zero-order valence-electron chi connectivity index (χ0n) is 13.3. The summed E-state index contributed by atoms with van der Waals surface area (Å²) in [6, 6.07) is 0. The summed E-state index contributed by atoms with van der Waals surface area (Å²) in [5.74, 6) is -1.34. The topological polar surface area (TPSA) is 52.6 Å². The summed E-state index contributed by atoms with van der Waals surface area (Å²) in [6.07, 6.45) is 7.98. The molecular formula is C17H28O4. The van der Waals surface area contributed by atoms with E-state index in [4.69, 9.17) is 9.47 Å². The van der Waals surface area contributed by atoms with E-state index < -0.39 is 17.9 Å². The summed E-state index contributed by atoms with van der Waals surface area (Å²) >= 11 is 0. The fraction of sp³-hybridized carbons (Fsp3) is 0.765. The van der Waals surface area contributed by atoms with Crippen molar-refractivity contribution in [2.75, 3.05) is 13.2 Å². The summed E-state index contributed by atoms with van der Waals surface area (Å²) in [4.78, 5) is 24.5. The van der Waals surface area contributed by atoms with Crippen LogP contribution in [-0.4, -0.2) is 25.2 Å². The van der Waals surface area contributed by atoms with Crippen LogP contribution in [0, 0.1) is 17.8 Å². The standard InChI is InChI=1S/C17H28O4/c1-4-10-13-11-8-7-9-12-14(13)15(16(18)20-5-2)17(19)21-6-3/h4,13-15H,1,5-12H2,2-3H3/t13-,14+/m0/s1. The molecule has 0 heterocycles. The lowest BCUT2D eigenvalue weighted by Gasteiger charge is -2.29. The molecule has 0 bridgehead atoms. The molecule has 0 aromatic rings. The lowest BCUT2D eigenvalue weighted by Crippen LogP contribution is -2.37. The molecule has 1 aliphatic carbocycles. The van der Waals surface area contributed by atoms with Crippen molar-refractivity contribution in [3.63, 3.8) is 0 Å². The van der Waals surface area contributed by atoms with Gasteiger partial charge in [-0.05, 0) is 44.9 Å². The Hall–Kier alpha value is -1.32. The highest BCUT2D eigenvalue weighted by Crippen LogP contribution is 2.37. The predicted octanol–water partition coefficient (Wildman–Crippen LogP) is 3.50. The Morgan fingerprint density at radius 3 is 2.19 bits per heavy atom. The molecular weight excluding hydrogens is 268 g/mol. The van der Waals surface area contributed by atoms with Crippen LogP contribution >= 0.6 is 0 Å². The Bertz CT molecular complexity index is 333. The molecule has 0 saturated heterocycles. The molecule has 1 fully saturated rings. The minimum Gasteiger partial charge on any atom is -0.465 e. The predicted molar refractivity (Wildman–Crippen MR) is 81.6 cm³/mol. The van der Waals surface area contributed by atoms with E-state index >= 15 is 0 Å². The highest BCUT2D eigenvalue weighted by molar-refractivity contribution is 5.95. The van der Waals surface area contributed by atoms with E-state index in [-0.39, 0.29) is 19.1 Å². The molecule has 0 aliphatic heterocycles. The Morgan fingerprint density at radius 1 is 1.10 bits per heavy atom. The molecule has 0 amide bonds. The van der Waals surface area contributed by atoms with Crippen LogP contribution in [0.15, 0.2) is 12.7 Å². The Kier molecular flexibility index (Phi) is 8.09. The van der Waals surface area contributed by atoms with E-state index in [1.165, 1.54) is 0 Å². The highest BCUT2D eigenvalue weighted by Gasteiger charge is 2.41. The third-order valence-electron chi connectivity index (χ3n) is 4.20. The smallest absolute Gasteiger partial charge is 0.320 e. The van der Waals surface area contributed by atoms with E-state index in [0.717, 1.165) is 38.5 Å². The number of allylic oxidation sites excluding steroid dienone is 1. The van der Waals surface area contributed by atoms with Gasteiger partial charge in [0.1, 0.15) is 0 Å². The molecule has 0 aromatic heterocycles. The SMILES string of the molecule is C=CC[C@H]1CCCCC[C@H]1C(C(=O)OCC)C(=O)OCC. The van der Waals surface area contributed by atoms with Crippen LogP contribution in [0.2, 0.25) is 0 Å². The normalized spacial score (nSPS) is 22.4. The number of hydrogen-bond acceptors (Lipinski definition) is 4. The number of hydrogen-bond donors (Lipinski definition) is 0. The quantitative estimate of drug-likeness (QED) is 0.312. The number of esters is 2. The minimum absolute atomic E-state index is 0.00333. The Balaban J connectivity index is 2.97. The molecule has 1 rings (SSSR count). The summed E-state index contributed by atoms with van der Waals surface area (Å²) in [5, 5.41) is 0. The molecule has 2 atom stereocenters. The second-order valence-electron chi connectivity index (χ2n) is 5.57. The van der Waals surface area contributed by atoms with Crippen molar-refractivity contribution >= 4 is 11.9 Å². The fourth-order valence-electron chi connectivity index (χ4n) is 3.27. The van der Waals surface area contributed by atoms with Crippen LogP contribution in [0.4, 0.5) is 0 Å². The number of ether oxygens (including phenoxy) is 2. The molecule has 0 spiro atoms. The number of carbonyl (C=O) groups excluding carboxylic acids is 2. The van der Waals surface area contributed by atoms with Gasteiger partial charge in [0.25, 0.3) is 0 Å². The molecule has 4 heteroatoms. The summed E-state index contributed by atoms with van der Waals surface area (Å²) < 4.78 is 10.3. The first kappa shape index (κ1) is 17.7. The van der Waals surface area contributed by atoms with E-state index in [0.29, 0.717) is 5.92 Å². The van der Waals surface area contributed by atoms with Gasteiger partial charge in [0.2, 0.25) is 0 Å². The van der Waals surface area contributed by atoms with E-state index in [9.17, 15) is 9.59 Å². The highest BCUT2D eigenvalue weighted by atomic mass is 16.6. The van der Waals surface area contributed by atoms with E-state index in [1.54, 1.807) is 13.8 Å².